The Kier molecular flexibility index (Phi) is 32.4. The van der Waals surface area contributed by atoms with Crippen molar-refractivity contribution >= 4 is 87.7 Å². The standard InChI is InChI=1S/C73H95N21O18/c1-39(2)61(76)69(107)90-53(31-43-33-81-48-15-8-7-14-47(43)48)66(104)91-56(36-95)68(106)87-51(23-25-59(75)98)65(103)85-49(16-9-10-26-74)63(101)86-50(17-11-27-80-71(77)78)64(102)89-54(32-44-34-79-38-83-44)67(105)88-52(28-41-12-5-4-6-13-41)62(100)82-35-60(99)84-55(70(108)109)29-42-18-24-58(97)57(30-42)94-73(111)93(72(110)92-94)45-19-21-46(22-20-45)112-37-40(3)96/h4-8,12-15,18-22,24,30,33-34,38-39,49-56,61,81,95,97H,9-11,16-17,23,25-29,31-32,35-37,74,76H2,1-3H3,(H2,75,98)(H,79,83)(H,82,100)(H,84,99)(H,85,103)(H,86,101)(H,87,106)(H,88,105)(H,89,102)(H,90,107)(H,91,104)(H,92,110)(H,108,109)(H4,77,78,80). The van der Waals surface area contributed by atoms with Crippen molar-refractivity contribution in [1.29, 1.82) is 5.41 Å². The van der Waals surface area contributed by atoms with Crippen molar-refractivity contribution in [3.8, 4) is 22.9 Å². The molecule has 0 spiro atoms. The first-order valence-electron chi connectivity index (χ1n) is 35.8. The van der Waals surface area contributed by atoms with Crippen molar-refractivity contribution < 1.29 is 77.6 Å². The summed E-state index contributed by atoms with van der Waals surface area (Å²) < 4.78 is 6.82. The van der Waals surface area contributed by atoms with Crippen LogP contribution in [0.25, 0.3) is 22.3 Å². The van der Waals surface area contributed by atoms with E-state index in [0.717, 1.165) is 26.2 Å². The van der Waals surface area contributed by atoms with Crippen molar-refractivity contribution in [2.45, 2.75) is 146 Å². The number of aromatic hydroxyl groups is 1. The van der Waals surface area contributed by atoms with Gasteiger partial charge in [0.25, 0.3) is 0 Å². The molecule has 39 nitrogen and oxygen atoms in total. The number of para-hydroxylation sites is 1. The molecule has 0 aliphatic heterocycles. The summed E-state index contributed by atoms with van der Waals surface area (Å²) in [6.07, 6.45) is 2.39. The van der Waals surface area contributed by atoms with Crippen LogP contribution in [0.1, 0.15) is 88.1 Å². The Morgan fingerprint density at radius 3 is 1.79 bits per heavy atom. The van der Waals surface area contributed by atoms with E-state index in [1.807, 2.05) is 0 Å². The molecule has 0 saturated heterocycles. The Morgan fingerprint density at radius 2 is 1.19 bits per heavy atom. The molecule has 600 valence electrons. The van der Waals surface area contributed by atoms with Crippen LogP contribution >= 0.6 is 0 Å². The Hall–Kier alpha value is -13.0. The highest BCUT2D eigenvalue weighted by Gasteiger charge is 2.36. The lowest BCUT2D eigenvalue weighted by atomic mass is 10.0. The average Bonchev–Trinajstić information content (AvgIpc) is 1.62. The number of aliphatic hydroxyl groups excluding tert-OH is 1. The number of nitrogens with one attached hydrogen (secondary N) is 14. The number of H-pyrrole nitrogens is 3. The first-order chi connectivity index (χ1) is 53.4. The number of primary amides is 1. The van der Waals surface area contributed by atoms with Gasteiger partial charge < -0.3 is 106 Å². The van der Waals surface area contributed by atoms with E-state index in [4.69, 9.17) is 33.1 Å². The van der Waals surface area contributed by atoms with Gasteiger partial charge in [-0.05, 0) is 117 Å². The van der Waals surface area contributed by atoms with Crippen LogP contribution in [-0.4, -0.2) is 209 Å². The SMILES string of the molecule is CC(=O)COc1ccc(-n2c(=O)[nH]n(-c3cc(CC(NC(=O)CNC(=O)C(Cc4ccccc4)NC(=O)C(Cc4c[nH]cn4)NC(=O)C(CCCNC(=N)N)NC(=O)C(CCCCN)NC(=O)C(CCC(N)=O)NC(=O)C(CO)NC(=O)C(Cc4c[nH]c5ccccc45)NC(=O)C(N)C(C)C)C(=O)O)ccc3O)c2=O)cc1. The summed E-state index contributed by atoms with van der Waals surface area (Å²) in [7, 11) is 0. The topological polar surface area (TPSA) is 627 Å². The molecule has 112 heavy (non-hydrogen) atoms. The van der Waals surface area contributed by atoms with Gasteiger partial charge in [0.1, 0.15) is 72.1 Å². The number of rotatable bonds is 45. The monoisotopic (exact) mass is 1550 g/mol. The summed E-state index contributed by atoms with van der Waals surface area (Å²) in [5.74, 6) is -12.5. The van der Waals surface area contributed by atoms with E-state index in [1.165, 1.54) is 55.8 Å². The maximum absolute atomic E-state index is 14.8. The molecule has 0 bridgehead atoms. The molecule has 9 atom stereocenters. The van der Waals surface area contributed by atoms with Gasteiger partial charge in [0, 0.05) is 61.9 Å². The molecule has 0 fully saturated rings. The predicted octanol–water partition coefficient (Wildman–Crippen LogP) is -3.82. The van der Waals surface area contributed by atoms with Crippen molar-refractivity contribution in [2.24, 2.45) is 28.9 Å². The van der Waals surface area contributed by atoms with Crippen molar-refractivity contribution in [2.75, 3.05) is 32.8 Å². The van der Waals surface area contributed by atoms with Crippen LogP contribution in [0, 0.1) is 11.3 Å². The van der Waals surface area contributed by atoms with Gasteiger partial charge >= 0.3 is 17.3 Å². The maximum atomic E-state index is 14.8. The van der Waals surface area contributed by atoms with Crippen LogP contribution in [0.5, 0.6) is 11.5 Å². The number of carbonyl (C=O) groups excluding carboxylic acids is 11. The highest BCUT2D eigenvalue weighted by atomic mass is 16.5. The number of phenols is 1. The second-order valence-electron chi connectivity index (χ2n) is 26.7. The molecule has 39 heteroatoms. The number of nitrogens with two attached hydrogens (primary N) is 4. The second kappa shape index (κ2) is 42.1. The Bertz CT molecular complexity index is 4580. The number of carboxylic acid groups (broad SMARTS) is 1. The van der Waals surface area contributed by atoms with E-state index in [-0.39, 0.29) is 105 Å². The number of ether oxygens (including phenoxy) is 1. The molecule has 10 amide bonds. The quantitative estimate of drug-likeness (QED) is 0.00988. The number of hydrogen-bond donors (Lipinski definition) is 21. The normalized spacial score (nSPS) is 13.6. The zero-order chi connectivity index (χ0) is 81.7. The summed E-state index contributed by atoms with van der Waals surface area (Å²) in [6.45, 7) is 2.74. The summed E-state index contributed by atoms with van der Waals surface area (Å²) in [6, 6.07) is 10.9. The Balaban J connectivity index is 1.06. The number of nitrogens with zero attached hydrogens (tertiary/aromatic N) is 3. The van der Waals surface area contributed by atoms with E-state index in [9.17, 15) is 82.4 Å². The second-order valence-corrected chi connectivity index (χ2v) is 26.7. The number of phenolic OH excluding ortho intramolecular Hbond substituents is 1. The van der Waals surface area contributed by atoms with E-state index in [1.54, 1.807) is 74.6 Å². The molecule has 25 N–H and O–H groups in total. The minimum atomic E-state index is -1.78. The number of benzene rings is 4. The number of hydrogen-bond acceptors (Lipinski definition) is 21. The van der Waals surface area contributed by atoms with Gasteiger partial charge in [-0.25, -0.2) is 29.0 Å². The maximum Gasteiger partial charge on any atom is 0.356 e. The number of carboxylic acids is 1. The highest BCUT2D eigenvalue weighted by Crippen LogP contribution is 2.24. The lowest BCUT2D eigenvalue weighted by Gasteiger charge is -2.28. The Morgan fingerprint density at radius 1 is 0.616 bits per heavy atom. The number of aromatic nitrogens is 6. The van der Waals surface area contributed by atoms with Crippen LogP contribution in [0.2, 0.25) is 0 Å². The molecule has 4 aromatic carbocycles. The fraction of sp³-hybridized carbons (Fsp3) is 0.397. The number of guanidine groups is 1. The van der Waals surface area contributed by atoms with Crippen LogP contribution in [0.15, 0.2) is 125 Å². The summed E-state index contributed by atoms with van der Waals surface area (Å²) in [4.78, 5) is 202. The fourth-order valence-electron chi connectivity index (χ4n) is 11.6. The van der Waals surface area contributed by atoms with Crippen LogP contribution in [-0.2, 0) is 83.2 Å². The predicted molar refractivity (Wildman–Crippen MR) is 404 cm³/mol. The Labute approximate surface area is 640 Å². The number of amides is 10. The van der Waals surface area contributed by atoms with E-state index < -0.39 is 175 Å². The fourth-order valence-corrected chi connectivity index (χ4v) is 11.6. The molecule has 7 aromatic rings. The highest BCUT2D eigenvalue weighted by molar-refractivity contribution is 5.99. The zero-order valence-electron chi connectivity index (χ0n) is 61.7. The smallest absolute Gasteiger partial charge is 0.356 e. The number of ketones is 1. The summed E-state index contributed by atoms with van der Waals surface area (Å²) >= 11 is 0. The number of imidazole rings is 1. The number of fused-ring (bicyclic) bond motifs is 1. The van der Waals surface area contributed by atoms with Gasteiger partial charge in [-0.15, -0.1) is 0 Å². The third-order valence-corrected chi connectivity index (χ3v) is 17.7. The van der Waals surface area contributed by atoms with Gasteiger partial charge in [-0.3, -0.25) is 58.1 Å². The lowest BCUT2D eigenvalue weighted by molar-refractivity contribution is -0.141. The average molecular weight is 1550 g/mol. The summed E-state index contributed by atoms with van der Waals surface area (Å²) in [5, 5.41) is 67.9. The van der Waals surface area contributed by atoms with Gasteiger partial charge in [0.15, 0.2) is 11.7 Å². The molecule has 0 saturated carbocycles. The molecule has 3 heterocycles. The third kappa shape index (κ3) is 25.8. The largest absolute Gasteiger partial charge is 0.506 e. The minimum absolute atomic E-state index is 0.0139. The first-order valence-corrected chi connectivity index (χ1v) is 35.8. The van der Waals surface area contributed by atoms with E-state index in [2.05, 4.69) is 73.2 Å². The third-order valence-electron chi connectivity index (χ3n) is 17.7. The van der Waals surface area contributed by atoms with E-state index in [0.29, 0.717) is 17.5 Å². The van der Waals surface area contributed by atoms with Crippen molar-refractivity contribution in [3.05, 3.63) is 159 Å². The van der Waals surface area contributed by atoms with Gasteiger partial charge in [-0.2, -0.15) is 4.68 Å². The van der Waals surface area contributed by atoms with Crippen molar-refractivity contribution in [3.63, 3.8) is 0 Å². The molecule has 0 radical (unpaired) electrons. The molecule has 3 aromatic heterocycles. The molecule has 7 rings (SSSR count). The molecule has 0 aliphatic rings. The number of aromatic amines is 3. The lowest BCUT2D eigenvalue weighted by Crippen LogP contribution is -2.61. The van der Waals surface area contributed by atoms with Crippen LogP contribution in [0.3, 0.4) is 0 Å². The molecule has 0 aliphatic carbocycles. The summed E-state index contributed by atoms with van der Waals surface area (Å²) in [5.41, 5.74) is 23.2. The zero-order valence-corrected chi connectivity index (χ0v) is 61.7. The molecule has 9 unspecified atom stereocenters. The number of aliphatic carboxylic acids is 1. The van der Waals surface area contributed by atoms with Gasteiger partial charge in [-0.1, -0.05) is 68.4 Å². The first kappa shape index (κ1) is 86.2. The molecular formula is C73H95N21O18. The number of Topliss-reactive ketones (excluding diaryl/α,β-unsaturated/α-hetero) is 1. The van der Waals surface area contributed by atoms with E-state index >= 15 is 0 Å². The number of carbonyl (C=O) groups is 12. The van der Waals surface area contributed by atoms with Crippen molar-refractivity contribution in [1.82, 2.24) is 82.5 Å². The van der Waals surface area contributed by atoms with Crippen LogP contribution < -0.4 is 92.2 Å². The minimum Gasteiger partial charge on any atom is -0.506 e. The molecular weight excluding hydrogens is 1460 g/mol. The number of aliphatic hydroxyl groups is 1. The number of unbranched alkanes of at least 4 members (excludes halogenated alkanes) is 1. The van der Waals surface area contributed by atoms with Gasteiger partial charge in [0.2, 0.25) is 59.1 Å². The van der Waals surface area contributed by atoms with Gasteiger partial charge in [0.05, 0.1) is 36.9 Å². The van der Waals surface area contributed by atoms with Crippen LogP contribution in [0.4, 0.5) is 0 Å².